The van der Waals surface area contributed by atoms with E-state index in [0.717, 1.165) is 11.1 Å². The van der Waals surface area contributed by atoms with Gasteiger partial charge in [-0.25, -0.2) is 9.59 Å². The van der Waals surface area contributed by atoms with E-state index in [0.29, 0.717) is 17.5 Å². The monoisotopic (exact) mass is 1010 g/mol. The second kappa shape index (κ2) is 33.7. The van der Waals surface area contributed by atoms with Gasteiger partial charge in [0.15, 0.2) is 0 Å². The summed E-state index contributed by atoms with van der Waals surface area (Å²) >= 11 is 0. The molecule has 0 bridgehead atoms. The number of rotatable bonds is 5. The average molecular weight is 1010 g/mol. The molecule has 2 aromatic rings. The van der Waals surface area contributed by atoms with Crippen molar-refractivity contribution in [3.05, 3.63) is 167 Å². The minimum absolute atomic E-state index is 0.0245. The van der Waals surface area contributed by atoms with E-state index in [9.17, 15) is 60.7 Å². The molecule has 398 valence electrons. The molecule has 14 nitrogen and oxygen atoms in total. The molecule has 3 rings (SSSR count). The van der Waals surface area contributed by atoms with Crippen LogP contribution in [0.2, 0.25) is 0 Å². The number of aliphatic hydroxyl groups is 8. The van der Waals surface area contributed by atoms with Crippen LogP contribution >= 0.6 is 0 Å². The molecule has 0 saturated heterocycles. The summed E-state index contributed by atoms with van der Waals surface area (Å²) in [6.07, 6.45) is 22.4. The van der Waals surface area contributed by atoms with Gasteiger partial charge < -0.3 is 60.5 Å². The molecule has 0 radical (unpaired) electrons. The summed E-state index contributed by atoms with van der Waals surface area (Å²) in [6, 6.07) is 9.16. The normalized spacial score (nSPS) is 30.5. The van der Waals surface area contributed by atoms with Gasteiger partial charge in [0.2, 0.25) is 0 Å². The SMILES string of the molecule is CC[C@@H](O)C[C@H]1C[C@@H](O)C/C=C/[C@@H](O)C[C@@H](O)C/C(C)=C/C=C/C=C/C=C/c2cccc(O)c2C(=O)O[C@@H](C[C@@H](C)O)C[C@@H](O)C/C=C/[C@@H](O)C[C@@H](O)C/C(C)=C/C=C/C=C/C=C/c2cccc(O)c2C(=O)O1. The third kappa shape index (κ3) is 25.0. The Hall–Kier alpha value is -5.94. The van der Waals surface area contributed by atoms with Crippen LogP contribution in [0, 0.1) is 0 Å². The molecule has 1 aliphatic rings. The number of phenols is 2. The lowest BCUT2D eigenvalue weighted by atomic mass is 10.0. The Labute approximate surface area is 430 Å². The third-order valence-electron chi connectivity index (χ3n) is 11.7. The summed E-state index contributed by atoms with van der Waals surface area (Å²) in [5, 5.41) is 106. The summed E-state index contributed by atoms with van der Waals surface area (Å²) in [5.74, 6) is -2.27. The van der Waals surface area contributed by atoms with E-state index in [-0.39, 0.29) is 86.8 Å². The highest BCUT2D eigenvalue weighted by Gasteiger charge is 2.26. The van der Waals surface area contributed by atoms with Crippen molar-refractivity contribution in [3.63, 3.8) is 0 Å². The number of aliphatic hydroxyl groups excluding tert-OH is 8. The van der Waals surface area contributed by atoms with Crippen molar-refractivity contribution < 1.29 is 70.1 Å². The number of ether oxygens (including phenoxy) is 2. The summed E-state index contributed by atoms with van der Waals surface area (Å²) in [7, 11) is 0. The molecule has 0 aromatic heterocycles. The second-order valence-corrected chi connectivity index (χ2v) is 18.6. The molecule has 0 saturated carbocycles. The van der Waals surface area contributed by atoms with Crippen molar-refractivity contribution in [1.82, 2.24) is 0 Å². The lowest BCUT2D eigenvalue weighted by Gasteiger charge is -2.23. The van der Waals surface area contributed by atoms with Crippen LogP contribution in [-0.4, -0.2) is 124 Å². The van der Waals surface area contributed by atoms with Gasteiger partial charge in [0, 0.05) is 38.5 Å². The van der Waals surface area contributed by atoms with Crippen molar-refractivity contribution in [2.75, 3.05) is 0 Å². The Bertz CT molecular complexity index is 2310. The maximum atomic E-state index is 13.5. The predicted octanol–water partition coefficient (Wildman–Crippen LogP) is 8.34. The lowest BCUT2D eigenvalue weighted by molar-refractivity contribution is -0.00345. The molecule has 2 aromatic carbocycles. The Morgan fingerprint density at radius 1 is 0.548 bits per heavy atom. The molecular formula is C59H78O14. The molecule has 0 spiro atoms. The maximum absolute atomic E-state index is 13.5. The van der Waals surface area contributed by atoms with Crippen molar-refractivity contribution in [2.45, 2.75) is 159 Å². The van der Waals surface area contributed by atoms with Crippen LogP contribution < -0.4 is 0 Å². The van der Waals surface area contributed by atoms with Crippen LogP contribution in [0.4, 0.5) is 0 Å². The van der Waals surface area contributed by atoms with Gasteiger partial charge >= 0.3 is 11.9 Å². The number of hydrogen-bond donors (Lipinski definition) is 10. The summed E-state index contributed by atoms with van der Waals surface area (Å²) in [4.78, 5) is 27.0. The van der Waals surface area contributed by atoms with Crippen molar-refractivity contribution >= 4 is 24.1 Å². The van der Waals surface area contributed by atoms with E-state index < -0.39 is 73.0 Å². The van der Waals surface area contributed by atoms with Crippen LogP contribution in [0.3, 0.4) is 0 Å². The minimum atomic E-state index is -1.01. The van der Waals surface area contributed by atoms with Gasteiger partial charge in [-0.2, -0.15) is 0 Å². The van der Waals surface area contributed by atoms with E-state index in [1.165, 1.54) is 31.2 Å². The van der Waals surface area contributed by atoms with E-state index in [1.807, 2.05) is 26.0 Å². The summed E-state index contributed by atoms with van der Waals surface area (Å²) in [6.45, 7) is 7.00. The highest BCUT2D eigenvalue weighted by molar-refractivity contribution is 5.97. The van der Waals surface area contributed by atoms with Gasteiger partial charge in [0.05, 0.1) is 48.8 Å². The molecule has 1 heterocycles. The molecule has 1 aliphatic heterocycles. The summed E-state index contributed by atoms with van der Waals surface area (Å²) < 4.78 is 11.5. The maximum Gasteiger partial charge on any atom is 0.342 e. The van der Waals surface area contributed by atoms with E-state index in [1.54, 1.807) is 116 Å². The van der Waals surface area contributed by atoms with E-state index in [2.05, 4.69) is 0 Å². The number of aromatic hydroxyl groups is 2. The topological polar surface area (TPSA) is 255 Å². The molecular weight excluding hydrogens is 933 g/mol. The lowest BCUT2D eigenvalue weighted by Crippen LogP contribution is -2.28. The predicted molar refractivity (Wildman–Crippen MR) is 285 cm³/mol. The fourth-order valence-corrected chi connectivity index (χ4v) is 7.98. The van der Waals surface area contributed by atoms with E-state index in [4.69, 9.17) is 9.47 Å². The van der Waals surface area contributed by atoms with Crippen LogP contribution in [-0.2, 0) is 9.47 Å². The number of carbonyl (C=O) groups excluding carboxylic acids is 2. The largest absolute Gasteiger partial charge is 0.507 e. The van der Waals surface area contributed by atoms with Crippen LogP contribution in [0.1, 0.15) is 130 Å². The first-order chi connectivity index (χ1) is 34.8. The smallest absolute Gasteiger partial charge is 0.342 e. The molecule has 14 heteroatoms. The highest BCUT2D eigenvalue weighted by atomic mass is 16.6. The van der Waals surface area contributed by atoms with Crippen molar-refractivity contribution in [2.24, 2.45) is 0 Å². The van der Waals surface area contributed by atoms with Gasteiger partial charge in [-0.15, -0.1) is 0 Å². The van der Waals surface area contributed by atoms with E-state index >= 15 is 0 Å². The Morgan fingerprint density at radius 3 is 1.36 bits per heavy atom. The number of esters is 2. The molecule has 10 N–H and O–H groups in total. The Kier molecular flexibility index (Phi) is 28.3. The standard InChI is InChI=1S/C59H78O14/c1-5-45(61)37-53-39-49(65)29-19-27-47(63)36-51(67)33-41(3)20-12-8-6-10-14-22-43-24-16-30-54(68)56(43)58(70)72-52(34-42(4)60)38-48(64)28-18-26-46(62)35-50(66)32-40(2)21-13-9-7-11-15-23-44-25-17-31-55(69)57(44)59(71)73-53/h6-27,30-31,42,45-53,60-69H,5,28-29,32-39H2,1-4H3/b10-6+,11-7+,12-8+,13-9+,22-14+,23-15+,26-18+,27-19+,40-21+,41-20+/t42-,45-,46-,47-,48+,49+,50+,51+,52+,53+/m1/s1. The quantitative estimate of drug-likeness (QED) is 0.0999. The zero-order valence-corrected chi connectivity index (χ0v) is 42.5. The molecule has 0 amide bonds. The molecule has 0 unspecified atom stereocenters. The Balaban J connectivity index is 1.83. The Morgan fingerprint density at radius 2 is 0.945 bits per heavy atom. The van der Waals surface area contributed by atoms with Crippen LogP contribution in [0.15, 0.2) is 145 Å². The van der Waals surface area contributed by atoms with Crippen LogP contribution in [0.25, 0.3) is 12.2 Å². The number of carbonyl (C=O) groups is 2. The third-order valence-corrected chi connectivity index (χ3v) is 11.7. The number of cyclic esters (lactones) is 2. The number of fused-ring (bicyclic) bond motifs is 2. The average Bonchev–Trinajstić information content (AvgIpc) is 3.30. The van der Waals surface area contributed by atoms with Crippen LogP contribution in [0.5, 0.6) is 11.5 Å². The first-order valence-corrected chi connectivity index (χ1v) is 25.0. The molecule has 10 atom stereocenters. The zero-order valence-electron chi connectivity index (χ0n) is 42.5. The van der Waals surface area contributed by atoms with Gasteiger partial charge in [-0.1, -0.05) is 152 Å². The number of allylic oxidation sites excluding steroid dienone is 12. The number of benzene rings is 2. The second-order valence-electron chi connectivity index (χ2n) is 18.6. The molecule has 73 heavy (non-hydrogen) atoms. The number of hydrogen-bond acceptors (Lipinski definition) is 14. The zero-order chi connectivity index (χ0) is 53.7. The molecule has 0 fully saturated rings. The minimum Gasteiger partial charge on any atom is -0.507 e. The van der Waals surface area contributed by atoms with Gasteiger partial charge in [0.1, 0.15) is 34.8 Å². The summed E-state index contributed by atoms with van der Waals surface area (Å²) in [5.41, 5.74) is 2.28. The molecule has 0 aliphatic carbocycles. The van der Waals surface area contributed by atoms with Gasteiger partial charge in [0.25, 0.3) is 0 Å². The van der Waals surface area contributed by atoms with Gasteiger partial charge in [-0.05, 0) is 76.1 Å². The van der Waals surface area contributed by atoms with Crippen molar-refractivity contribution in [1.29, 1.82) is 0 Å². The number of phenolic OH excluding ortho intramolecular Hbond substituents is 2. The van der Waals surface area contributed by atoms with Crippen molar-refractivity contribution in [3.8, 4) is 11.5 Å². The highest BCUT2D eigenvalue weighted by Crippen LogP contribution is 2.28. The first kappa shape index (κ1) is 61.4. The fraction of sp³-hybridized carbons (Fsp3) is 0.424. The first-order valence-electron chi connectivity index (χ1n) is 25.0. The van der Waals surface area contributed by atoms with Gasteiger partial charge in [-0.3, -0.25) is 0 Å². The fourth-order valence-electron chi connectivity index (χ4n) is 7.98.